The molecule has 0 bridgehead atoms. The maximum atomic E-state index is 13.2. The molecule has 1 atom stereocenters. The van der Waals surface area contributed by atoms with Crippen molar-refractivity contribution in [3.05, 3.63) is 101 Å². The summed E-state index contributed by atoms with van der Waals surface area (Å²) in [6, 6.07) is 22.3. The van der Waals surface area contributed by atoms with E-state index < -0.39 is 15.9 Å². The number of allylic oxidation sites excluding steroid dienone is 1. The fraction of sp³-hybridized carbons (Fsp3) is 0.312. The van der Waals surface area contributed by atoms with Gasteiger partial charge in [-0.15, -0.1) is 0 Å². The minimum atomic E-state index is -4.14. The van der Waals surface area contributed by atoms with Gasteiger partial charge < -0.3 is 9.75 Å². The van der Waals surface area contributed by atoms with Crippen molar-refractivity contribution in [1.29, 1.82) is 0 Å². The van der Waals surface area contributed by atoms with E-state index in [1.165, 1.54) is 6.07 Å². The number of ether oxygens (including phenoxy) is 1. The summed E-state index contributed by atoms with van der Waals surface area (Å²) in [6.07, 6.45) is 1.42. The third kappa shape index (κ3) is 6.86. The van der Waals surface area contributed by atoms with Crippen LogP contribution in [0.1, 0.15) is 50.0 Å². The number of hydrogen-bond acceptors (Lipinski definition) is 7. The number of carbonyl (C=O) groups is 2. The fourth-order valence-electron chi connectivity index (χ4n) is 4.95. The van der Waals surface area contributed by atoms with E-state index in [4.69, 9.17) is 4.74 Å². The number of rotatable bonds is 11. The Balaban J connectivity index is 1.63. The second kappa shape index (κ2) is 13.1. The van der Waals surface area contributed by atoms with E-state index in [0.717, 1.165) is 24.2 Å². The van der Waals surface area contributed by atoms with E-state index >= 15 is 0 Å². The molecule has 216 valence electrons. The first-order valence-corrected chi connectivity index (χ1v) is 15.4. The molecule has 3 aromatic carbocycles. The van der Waals surface area contributed by atoms with E-state index in [-0.39, 0.29) is 28.4 Å². The number of benzene rings is 3. The lowest BCUT2D eigenvalue weighted by Crippen LogP contribution is -2.41. The second-order valence-electron chi connectivity index (χ2n) is 10.3. The standard InChI is InChI=1S/C32H37N3O5S/c1-5-20-35-27(29(32(37)40-6-2)30(33-35)22(3)4)21-23-16-18-24(19-17-23)26-14-10-11-15-28(26)41(38,39)34-31(36)25-12-8-7-9-13-25/h7-19,22,30,33H,5-6,20-21H2,1-4H3,(H,34,36). The monoisotopic (exact) mass is 575 g/mol. The molecular formula is C32H37N3O5S. The molecule has 0 saturated heterocycles. The van der Waals surface area contributed by atoms with Crippen LogP contribution in [0, 0.1) is 5.92 Å². The predicted octanol–water partition coefficient (Wildman–Crippen LogP) is 5.09. The molecule has 0 saturated carbocycles. The van der Waals surface area contributed by atoms with Gasteiger partial charge in [0.15, 0.2) is 0 Å². The van der Waals surface area contributed by atoms with Gasteiger partial charge in [0, 0.05) is 29.8 Å². The van der Waals surface area contributed by atoms with E-state index in [1.54, 1.807) is 55.5 Å². The Hall–Kier alpha value is -3.95. The van der Waals surface area contributed by atoms with Crippen LogP contribution in [0.15, 0.2) is 95.0 Å². The SMILES string of the molecule is CCCN1NC(C(C)C)C(C(=O)OCC)=C1Cc1ccc(-c2ccccc2S(=O)(=O)NC(=O)c2ccccc2)cc1. The highest BCUT2D eigenvalue weighted by Crippen LogP contribution is 2.31. The summed E-state index contributed by atoms with van der Waals surface area (Å²) < 4.78 is 34.1. The first-order valence-electron chi connectivity index (χ1n) is 13.9. The molecule has 1 amide bonds. The van der Waals surface area contributed by atoms with Crippen molar-refractivity contribution < 1.29 is 22.7 Å². The first-order chi connectivity index (χ1) is 19.7. The van der Waals surface area contributed by atoms with Gasteiger partial charge >= 0.3 is 5.97 Å². The van der Waals surface area contributed by atoms with Gasteiger partial charge in [-0.2, -0.15) is 0 Å². The van der Waals surface area contributed by atoms with E-state index in [1.807, 2.05) is 24.3 Å². The maximum Gasteiger partial charge on any atom is 0.337 e. The summed E-state index contributed by atoms with van der Waals surface area (Å²) in [5.41, 5.74) is 7.44. The average molecular weight is 576 g/mol. The molecule has 1 unspecified atom stereocenters. The summed E-state index contributed by atoms with van der Waals surface area (Å²) in [7, 11) is -4.14. The van der Waals surface area contributed by atoms with Gasteiger partial charge in [-0.1, -0.05) is 81.4 Å². The van der Waals surface area contributed by atoms with Gasteiger partial charge in [-0.05, 0) is 48.6 Å². The van der Waals surface area contributed by atoms with Crippen LogP contribution in [0.4, 0.5) is 0 Å². The van der Waals surface area contributed by atoms with Crippen LogP contribution in [0.2, 0.25) is 0 Å². The lowest BCUT2D eigenvalue weighted by molar-refractivity contribution is -0.139. The van der Waals surface area contributed by atoms with Crippen LogP contribution in [-0.4, -0.2) is 44.5 Å². The summed E-state index contributed by atoms with van der Waals surface area (Å²) in [6.45, 7) is 9.10. The van der Waals surface area contributed by atoms with Gasteiger partial charge in [-0.25, -0.2) is 23.4 Å². The summed E-state index contributed by atoms with van der Waals surface area (Å²) in [4.78, 5) is 25.6. The molecule has 2 N–H and O–H groups in total. The minimum absolute atomic E-state index is 0.0122. The van der Waals surface area contributed by atoms with E-state index in [2.05, 4.69) is 35.9 Å². The average Bonchev–Trinajstić information content (AvgIpc) is 3.32. The molecule has 1 aliphatic heterocycles. The topological polar surface area (TPSA) is 105 Å². The van der Waals surface area contributed by atoms with Gasteiger partial charge in [0.1, 0.15) is 0 Å². The van der Waals surface area contributed by atoms with E-state index in [0.29, 0.717) is 29.7 Å². The highest BCUT2D eigenvalue weighted by atomic mass is 32.2. The fourth-order valence-corrected chi connectivity index (χ4v) is 6.15. The normalized spacial score (nSPS) is 15.3. The third-order valence-corrected chi connectivity index (χ3v) is 8.32. The Kier molecular flexibility index (Phi) is 9.62. The van der Waals surface area contributed by atoms with Crippen molar-refractivity contribution in [2.24, 2.45) is 5.92 Å². The number of esters is 1. The summed E-state index contributed by atoms with van der Waals surface area (Å²) in [5.74, 6) is -0.807. The second-order valence-corrected chi connectivity index (χ2v) is 11.9. The quantitative estimate of drug-likeness (QED) is 0.307. The van der Waals surface area contributed by atoms with E-state index in [9.17, 15) is 18.0 Å². The molecule has 0 aromatic heterocycles. The number of hydrazine groups is 1. The van der Waals surface area contributed by atoms with Gasteiger partial charge in [-0.3, -0.25) is 4.79 Å². The van der Waals surface area contributed by atoms with Gasteiger partial charge in [0.25, 0.3) is 15.9 Å². The molecule has 9 heteroatoms. The first kappa shape index (κ1) is 30.0. The lowest BCUT2D eigenvalue weighted by atomic mass is 9.94. The summed E-state index contributed by atoms with van der Waals surface area (Å²) >= 11 is 0. The van der Waals surface area contributed by atoms with Crippen LogP contribution >= 0.6 is 0 Å². The van der Waals surface area contributed by atoms with Crippen molar-refractivity contribution in [3.63, 3.8) is 0 Å². The zero-order valence-electron chi connectivity index (χ0n) is 23.9. The maximum absolute atomic E-state index is 13.2. The zero-order chi connectivity index (χ0) is 29.6. The van der Waals surface area contributed by atoms with Crippen molar-refractivity contribution in [3.8, 4) is 11.1 Å². The molecule has 0 aliphatic carbocycles. The Bertz CT molecular complexity index is 1520. The smallest absolute Gasteiger partial charge is 0.337 e. The van der Waals surface area contributed by atoms with Crippen LogP contribution in [0.5, 0.6) is 0 Å². The van der Waals surface area contributed by atoms with Crippen LogP contribution < -0.4 is 10.1 Å². The number of nitrogens with one attached hydrogen (secondary N) is 2. The molecule has 0 fully saturated rings. The summed E-state index contributed by atoms with van der Waals surface area (Å²) in [5, 5.41) is 2.06. The Labute approximate surface area is 242 Å². The Morgan fingerprint density at radius 2 is 1.61 bits per heavy atom. The molecule has 8 nitrogen and oxygen atoms in total. The third-order valence-electron chi connectivity index (χ3n) is 6.93. The number of carbonyl (C=O) groups excluding carboxylic acids is 2. The van der Waals surface area contributed by atoms with Crippen molar-refractivity contribution in [1.82, 2.24) is 15.2 Å². The minimum Gasteiger partial charge on any atom is -0.463 e. The number of hydrogen-bond donors (Lipinski definition) is 2. The molecular weight excluding hydrogens is 538 g/mol. The van der Waals surface area contributed by atoms with Crippen molar-refractivity contribution in [2.75, 3.05) is 13.2 Å². The Morgan fingerprint density at radius 3 is 2.24 bits per heavy atom. The van der Waals surface area contributed by atoms with Crippen molar-refractivity contribution >= 4 is 21.9 Å². The molecule has 3 aromatic rings. The predicted molar refractivity (Wildman–Crippen MR) is 159 cm³/mol. The molecule has 41 heavy (non-hydrogen) atoms. The molecule has 0 radical (unpaired) electrons. The van der Waals surface area contributed by atoms with Crippen LogP contribution in [-0.2, 0) is 26.0 Å². The van der Waals surface area contributed by atoms with Crippen molar-refractivity contribution in [2.45, 2.75) is 51.5 Å². The number of nitrogens with zero attached hydrogens (tertiary/aromatic N) is 1. The van der Waals surface area contributed by atoms with Crippen LogP contribution in [0.3, 0.4) is 0 Å². The molecule has 4 rings (SSSR count). The number of sulfonamides is 1. The molecule has 0 spiro atoms. The highest BCUT2D eigenvalue weighted by Gasteiger charge is 2.37. The van der Waals surface area contributed by atoms with Gasteiger partial charge in [0.2, 0.25) is 0 Å². The largest absolute Gasteiger partial charge is 0.463 e. The highest BCUT2D eigenvalue weighted by molar-refractivity contribution is 7.90. The van der Waals surface area contributed by atoms with Gasteiger partial charge in [0.05, 0.1) is 23.1 Å². The zero-order valence-corrected chi connectivity index (χ0v) is 24.7. The number of amides is 1. The molecule has 1 aliphatic rings. The lowest BCUT2D eigenvalue weighted by Gasteiger charge is -2.24. The Morgan fingerprint density at radius 1 is 0.951 bits per heavy atom. The molecule has 1 heterocycles. The van der Waals surface area contributed by atoms with Crippen LogP contribution in [0.25, 0.3) is 11.1 Å².